The summed E-state index contributed by atoms with van der Waals surface area (Å²) in [7, 11) is 0. The maximum Gasteiger partial charge on any atom is 0.228 e. The average Bonchev–Trinajstić information content (AvgIpc) is 2.62. The summed E-state index contributed by atoms with van der Waals surface area (Å²) < 4.78 is 12.7. The number of nitrogens with zero attached hydrogens (tertiary/aromatic N) is 1. The third kappa shape index (κ3) is 1.24. The molecule has 0 spiro atoms. The molecule has 1 N–H and O–H groups in total. The fourth-order valence-corrected chi connectivity index (χ4v) is 2.69. The molecule has 1 saturated carbocycles. The molecule has 2 saturated heterocycles. The largest absolute Gasteiger partial charge is 0.342 e. The lowest BCUT2D eigenvalue weighted by Gasteiger charge is -2.16. The average molecular weight is 198 g/mol. The number of nitrogens with one attached hydrogen (secondary N) is 1. The molecule has 0 radical (unpaired) electrons. The second-order valence-electron chi connectivity index (χ2n) is 4.78. The summed E-state index contributed by atoms with van der Waals surface area (Å²) in [5.74, 6) is 1.01. The summed E-state index contributed by atoms with van der Waals surface area (Å²) in [6.07, 6.45) is -0.385. The minimum Gasteiger partial charge on any atom is -0.342 e. The van der Waals surface area contributed by atoms with Gasteiger partial charge in [-0.1, -0.05) is 0 Å². The van der Waals surface area contributed by atoms with E-state index in [9.17, 15) is 9.18 Å². The molecule has 3 fully saturated rings. The molecule has 0 aromatic carbocycles. The van der Waals surface area contributed by atoms with E-state index >= 15 is 0 Å². The standard InChI is InChI=1S/C10H15FN2O/c11-9-1-8(9)10(14)13-4-6-2-12-3-7(6)5-13/h6-9,12H,1-5H2/t6?,7?,8-,9+/m0/s1. The van der Waals surface area contributed by atoms with Gasteiger partial charge in [-0.25, -0.2) is 4.39 Å². The molecule has 0 bridgehead atoms. The van der Waals surface area contributed by atoms with Gasteiger partial charge in [-0.15, -0.1) is 0 Å². The van der Waals surface area contributed by atoms with Crippen LogP contribution in [0.3, 0.4) is 0 Å². The molecular weight excluding hydrogens is 183 g/mol. The minimum atomic E-state index is -0.846. The van der Waals surface area contributed by atoms with E-state index in [4.69, 9.17) is 0 Å². The smallest absolute Gasteiger partial charge is 0.228 e. The zero-order chi connectivity index (χ0) is 9.71. The highest BCUT2D eigenvalue weighted by Crippen LogP contribution is 2.37. The van der Waals surface area contributed by atoms with Gasteiger partial charge in [-0.05, 0) is 18.3 Å². The Balaban J connectivity index is 1.62. The van der Waals surface area contributed by atoms with Crippen LogP contribution in [0.5, 0.6) is 0 Å². The van der Waals surface area contributed by atoms with Crippen LogP contribution in [0.4, 0.5) is 4.39 Å². The van der Waals surface area contributed by atoms with E-state index in [1.165, 1.54) is 0 Å². The lowest BCUT2D eigenvalue weighted by Crippen LogP contribution is -2.33. The Kier molecular flexibility index (Phi) is 1.81. The molecule has 3 nitrogen and oxygen atoms in total. The SMILES string of the molecule is O=C([C@H]1C[C@H]1F)N1CC2CNCC2C1. The van der Waals surface area contributed by atoms with Gasteiger partial charge in [0.05, 0.1) is 5.92 Å². The number of alkyl halides is 1. The van der Waals surface area contributed by atoms with Crippen LogP contribution in [0.2, 0.25) is 0 Å². The Morgan fingerprint density at radius 2 is 1.86 bits per heavy atom. The molecule has 4 atom stereocenters. The predicted molar refractivity (Wildman–Crippen MR) is 49.4 cm³/mol. The van der Waals surface area contributed by atoms with Crippen molar-refractivity contribution in [2.45, 2.75) is 12.6 Å². The second kappa shape index (κ2) is 2.92. The van der Waals surface area contributed by atoms with Crippen molar-refractivity contribution in [2.75, 3.05) is 26.2 Å². The lowest BCUT2D eigenvalue weighted by atomic mass is 10.0. The Hall–Kier alpha value is -0.640. The first-order valence-corrected chi connectivity index (χ1v) is 5.39. The van der Waals surface area contributed by atoms with Crippen LogP contribution < -0.4 is 5.32 Å². The summed E-state index contributed by atoms with van der Waals surface area (Å²) in [5, 5.41) is 3.33. The monoisotopic (exact) mass is 198 g/mol. The first kappa shape index (κ1) is 8.65. The molecule has 14 heavy (non-hydrogen) atoms. The molecule has 0 aromatic heterocycles. The van der Waals surface area contributed by atoms with Gasteiger partial charge < -0.3 is 10.2 Å². The summed E-state index contributed by atoms with van der Waals surface area (Å²) in [5.41, 5.74) is 0. The van der Waals surface area contributed by atoms with Gasteiger partial charge in [0.15, 0.2) is 0 Å². The Morgan fingerprint density at radius 1 is 1.29 bits per heavy atom. The van der Waals surface area contributed by atoms with E-state index in [2.05, 4.69) is 5.32 Å². The van der Waals surface area contributed by atoms with Crippen molar-refractivity contribution in [1.29, 1.82) is 0 Å². The highest BCUT2D eigenvalue weighted by Gasteiger charge is 2.48. The van der Waals surface area contributed by atoms with Crippen LogP contribution in [0.25, 0.3) is 0 Å². The van der Waals surface area contributed by atoms with Gasteiger partial charge in [0, 0.05) is 26.2 Å². The quantitative estimate of drug-likeness (QED) is 0.644. The Bertz CT molecular complexity index is 259. The van der Waals surface area contributed by atoms with E-state index in [0.29, 0.717) is 18.3 Å². The molecule has 78 valence electrons. The minimum absolute atomic E-state index is 0.0619. The van der Waals surface area contributed by atoms with Crippen molar-refractivity contribution < 1.29 is 9.18 Å². The van der Waals surface area contributed by atoms with E-state index < -0.39 is 6.17 Å². The predicted octanol–water partition coefficient (Wildman–Crippen LogP) is 0.0222. The van der Waals surface area contributed by atoms with Crippen molar-refractivity contribution in [3.63, 3.8) is 0 Å². The highest BCUT2D eigenvalue weighted by atomic mass is 19.1. The topological polar surface area (TPSA) is 32.3 Å². The number of likely N-dealkylation sites (tertiary alicyclic amines) is 1. The number of hydrogen-bond donors (Lipinski definition) is 1. The van der Waals surface area contributed by atoms with Crippen molar-refractivity contribution in [2.24, 2.45) is 17.8 Å². The molecule has 1 amide bonds. The maximum absolute atomic E-state index is 12.7. The molecule has 2 unspecified atom stereocenters. The third-order valence-corrected chi connectivity index (χ3v) is 3.73. The first-order chi connectivity index (χ1) is 6.75. The highest BCUT2D eigenvalue weighted by molar-refractivity contribution is 5.82. The zero-order valence-corrected chi connectivity index (χ0v) is 8.08. The summed E-state index contributed by atoms with van der Waals surface area (Å²) in [4.78, 5) is 13.6. The van der Waals surface area contributed by atoms with Crippen LogP contribution in [-0.2, 0) is 4.79 Å². The van der Waals surface area contributed by atoms with Crippen LogP contribution in [0.1, 0.15) is 6.42 Å². The van der Waals surface area contributed by atoms with E-state index in [0.717, 1.165) is 26.2 Å². The van der Waals surface area contributed by atoms with Crippen molar-refractivity contribution in [3.8, 4) is 0 Å². The van der Waals surface area contributed by atoms with Crippen LogP contribution >= 0.6 is 0 Å². The van der Waals surface area contributed by atoms with Crippen LogP contribution in [0, 0.1) is 17.8 Å². The van der Waals surface area contributed by atoms with Gasteiger partial charge in [0.1, 0.15) is 6.17 Å². The number of rotatable bonds is 1. The molecular formula is C10H15FN2O. The number of amides is 1. The maximum atomic E-state index is 12.7. The van der Waals surface area contributed by atoms with E-state index in [1.807, 2.05) is 4.90 Å². The second-order valence-corrected chi connectivity index (χ2v) is 4.78. The molecule has 1 aliphatic carbocycles. The molecule has 3 rings (SSSR count). The number of carbonyl (C=O) groups excluding carboxylic acids is 1. The molecule has 4 heteroatoms. The van der Waals surface area contributed by atoms with Crippen LogP contribution in [-0.4, -0.2) is 43.2 Å². The third-order valence-electron chi connectivity index (χ3n) is 3.73. The number of carbonyl (C=O) groups is 1. The number of hydrogen-bond acceptors (Lipinski definition) is 2. The van der Waals surface area contributed by atoms with Crippen molar-refractivity contribution >= 4 is 5.91 Å². The normalized spacial score (nSPS) is 45.4. The first-order valence-electron chi connectivity index (χ1n) is 5.39. The van der Waals surface area contributed by atoms with Crippen LogP contribution in [0.15, 0.2) is 0 Å². The number of fused-ring (bicyclic) bond motifs is 1. The molecule has 3 aliphatic rings. The van der Waals surface area contributed by atoms with Gasteiger partial charge in [-0.2, -0.15) is 0 Å². The van der Waals surface area contributed by atoms with Gasteiger partial charge >= 0.3 is 0 Å². The van der Waals surface area contributed by atoms with E-state index in [1.54, 1.807) is 0 Å². The van der Waals surface area contributed by atoms with Crippen molar-refractivity contribution in [1.82, 2.24) is 10.2 Å². The van der Waals surface area contributed by atoms with Crippen molar-refractivity contribution in [3.05, 3.63) is 0 Å². The Labute approximate surface area is 82.6 Å². The molecule has 2 aliphatic heterocycles. The zero-order valence-electron chi connectivity index (χ0n) is 8.08. The molecule has 0 aromatic rings. The van der Waals surface area contributed by atoms with Gasteiger partial charge in [0.2, 0.25) is 5.91 Å². The van der Waals surface area contributed by atoms with Gasteiger partial charge in [0.25, 0.3) is 0 Å². The number of halogens is 1. The summed E-state index contributed by atoms with van der Waals surface area (Å²) in [6, 6.07) is 0. The summed E-state index contributed by atoms with van der Waals surface area (Å²) >= 11 is 0. The lowest BCUT2D eigenvalue weighted by molar-refractivity contribution is -0.132. The van der Waals surface area contributed by atoms with E-state index in [-0.39, 0.29) is 11.8 Å². The Morgan fingerprint density at radius 3 is 2.36 bits per heavy atom. The fourth-order valence-electron chi connectivity index (χ4n) is 2.69. The fraction of sp³-hybridized carbons (Fsp3) is 0.900. The van der Waals surface area contributed by atoms with Gasteiger partial charge in [-0.3, -0.25) is 4.79 Å². The summed E-state index contributed by atoms with van der Waals surface area (Å²) in [6.45, 7) is 3.75. The molecule has 2 heterocycles.